The number of rotatable bonds is 6. The van der Waals surface area contributed by atoms with Gasteiger partial charge in [-0.2, -0.15) is 13.2 Å². The molecule has 1 rings (SSSR count). The van der Waals surface area contributed by atoms with E-state index in [9.17, 15) is 26.4 Å². The number of hydrogen-bond donors (Lipinski definition) is 1. The van der Waals surface area contributed by atoms with Crippen molar-refractivity contribution in [3.8, 4) is 0 Å². The number of halogens is 4. The monoisotopic (exact) mass is 386 g/mol. The van der Waals surface area contributed by atoms with Gasteiger partial charge in [0.2, 0.25) is 15.9 Å². The molecule has 0 aliphatic carbocycles. The molecule has 1 aromatic carbocycles. The summed E-state index contributed by atoms with van der Waals surface area (Å²) in [6.45, 7) is 3.19. The number of anilines is 1. The molecule has 0 saturated carbocycles. The lowest BCUT2D eigenvalue weighted by atomic mass is 10.2. The normalized spacial score (nSPS) is 12.3. The molecule has 0 spiro atoms. The smallest absolute Gasteiger partial charge is 0.354 e. The molecule has 1 aromatic rings. The third-order valence-corrected chi connectivity index (χ3v) is 4.46. The minimum atomic E-state index is -4.72. The molecule has 0 heterocycles. The maximum absolute atomic E-state index is 12.9. The summed E-state index contributed by atoms with van der Waals surface area (Å²) in [7, 11) is -3.87. The third-order valence-electron chi connectivity index (χ3n) is 2.94. The van der Waals surface area contributed by atoms with Crippen LogP contribution in [0.3, 0.4) is 0 Å². The highest BCUT2D eigenvalue weighted by atomic mass is 35.5. The van der Waals surface area contributed by atoms with Crippen molar-refractivity contribution in [1.82, 2.24) is 5.32 Å². The topological polar surface area (TPSA) is 66.5 Å². The lowest BCUT2D eigenvalue weighted by molar-refractivity contribution is -0.137. The van der Waals surface area contributed by atoms with Crippen molar-refractivity contribution < 1.29 is 26.4 Å². The van der Waals surface area contributed by atoms with Crippen molar-refractivity contribution >= 4 is 33.2 Å². The number of alkyl halides is 3. The van der Waals surface area contributed by atoms with Gasteiger partial charge in [-0.25, -0.2) is 8.42 Å². The lowest BCUT2D eigenvalue weighted by Gasteiger charge is -2.23. The minimum absolute atomic E-state index is 0.128. The zero-order chi connectivity index (χ0) is 18.7. The summed E-state index contributed by atoms with van der Waals surface area (Å²) in [6, 6.07) is 2.67. The number of benzene rings is 1. The van der Waals surface area contributed by atoms with Gasteiger partial charge >= 0.3 is 6.18 Å². The molecule has 136 valence electrons. The summed E-state index contributed by atoms with van der Waals surface area (Å²) >= 11 is 5.53. The van der Waals surface area contributed by atoms with E-state index in [0.29, 0.717) is 6.07 Å². The second-order valence-electron chi connectivity index (χ2n) is 5.47. The Bertz CT molecular complexity index is 706. The van der Waals surface area contributed by atoms with E-state index in [-0.39, 0.29) is 24.7 Å². The molecule has 0 aliphatic rings. The number of nitrogens with zero attached hydrogens (tertiary/aromatic N) is 1. The number of carbonyl (C=O) groups is 1. The molecule has 1 N–H and O–H groups in total. The number of hydrogen-bond acceptors (Lipinski definition) is 3. The Morgan fingerprint density at radius 2 is 1.92 bits per heavy atom. The van der Waals surface area contributed by atoms with Crippen LogP contribution < -0.4 is 9.62 Å². The average molecular weight is 387 g/mol. The lowest BCUT2D eigenvalue weighted by Crippen LogP contribution is -2.36. The van der Waals surface area contributed by atoms with Crippen LogP contribution in [0.2, 0.25) is 5.02 Å². The van der Waals surface area contributed by atoms with Crippen molar-refractivity contribution in [2.75, 3.05) is 17.1 Å². The van der Waals surface area contributed by atoms with Crippen LogP contribution in [0.25, 0.3) is 0 Å². The van der Waals surface area contributed by atoms with Crippen LogP contribution in [-0.4, -0.2) is 33.2 Å². The van der Waals surface area contributed by atoms with Crippen LogP contribution in [0.4, 0.5) is 18.9 Å². The maximum Gasteiger partial charge on any atom is 0.417 e. The van der Waals surface area contributed by atoms with Gasteiger partial charge in [0.25, 0.3) is 0 Å². The van der Waals surface area contributed by atoms with E-state index >= 15 is 0 Å². The van der Waals surface area contributed by atoms with Crippen molar-refractivity contribution in [1.29, 1.82) is 0 Å². The Balaban J connectivity index is 3.13. The van der Waals surface area contributed by atoms with Gasteiger partial charge in [0, 0.05) is 19.0 Å². The second kappa shape index (κ2) is 7.60. The summed E-state index contributed by atoms with van der Waals surface area (Å²) in [4.78, 5) is 11.7. The molecule has 0 radical (unpaired) electrons. The molecular weight excluding hydrogens is 369 g/mol. The van der Waals surface area contributed by atoms with Crippen LogP contribution in [-0.2, 0) is 21.0 Å². The first kappa shape index (κ1) is 20.6. The highest BCUT2D eigenvalue weighted by Crippen LogP contribution is 2.37. The number of carbonyl (C=O) groups excluding carboxylic acids is 1. The van der Waals surface area contributed by atoms with Gasteiger partial charge in [-0.05, 0) is 32.0 Å². The minimum Gasteiger partial charge on any atom is -0.354 e. The van der Waals surface area contributed by atoms with E-state index in [2.05, 4.69) is 5.32 Å². The van der Waals surface area contributed by atoms with Crippen LogP contribution in [0.15, 0.2) is 18.2 Å². The number of sulfonamides is 1. The van der Waals surface area contributed by atoms with Crippen LogP contribution in [0.5, 0.6) is 0 Å². The van der Waals surface area contributed by atoms with Crippen molar-refractivity contribution in [3.63, 3.8) is 0 Å². The Morgan fingerprint density at radius 1 is 1.33 bits per heavy atom. The van der Waals surface area contributed by atoms with Crippen LogP contribution >= 0.6 is 11.6 Å². The van der Waals surface area contributed by atoms with Crippen LogP contribution in [0, 0.1) is 0 Å². The van der Waals surface area contributed by atoms with Gasteiger partial charge in [-0.15, -0.1) is 0 Å². The molecule has 0 saturated heterocycles. The molecule has 1 amide bonds. The first-order valence-electron chi connectivity index (χ1n) is 6.96. The molecule has 0 atom stereocenters. The van der Waals surface area contributed by atoms with E-state index in [1.165, 1.54) is 6.07 Å². The second-order valence-corrected chi connectivity index (χ2v) is 7.78. The average Bonchev–Trinajstić information content (AvgIpc) is 2.36. The van der Waals surface area contributed by atoms with Crippen molar-refractivity contribution in [2.45, 2.75) is 32.5 Å². The summed E-state index contributed by atoms with van der Waals surface area (Å²) in [6.07, 6.45) is -4.05. The number of nitrogens with one attached hydrogen (secondary N) is 1. The van der Waals surface area contributed by atoms with Crippen molar-refractivity contribution in [3.05, 3.63) is 28.8 Å². The standard InChI is InChI=1S/C14H18ClF3N2O3S/c1-9(2)19-13(21)6-7-20(24(3,22)23)10-4-5-12(15)11(8-10)14(16,17)18/h4-5,8-9H,6-7H2,1-3H3,(H,19,21). The SMILES string of the molecule is CC(C)NC(=O)CCN(c1ccc(Cl)c(C(F)(F)F)c1)S(C)(=O)=O. The molecule has 0 aliphatic heterocycles. The van der Waals surface area contributed by atoms with Gasteiger partial charge in [0.15, 0.2) is 0 Å². The van der Waals surface area contributed by atoms with Gasteiger partial charge in [-0.3, -0.25) is 9.10 Å². The van der Waals surface area contributed by atoms with Crippen LogP contribution in [0.1, 0.15) is 25.8 Å². The first-order chi connectivity index (χ1) is 10.8. The third kappa shape index (κ3) is 5.86. The molecular formula is C14H18ClF3N2O3S. The Labute approximate surface area is 143 Å². The fourth-order valence-corrected chi connectivity index (χ4v) is 3.11. The summed E-state index contributed by atoms with van der Waals surface area (Å²) < 4.78 is 63.3. The zero-order valence-electron chi connectivity index (χ0n) is 13.3. The Morgan fingerprint density at radius 3 is 2.38 bits per heavy atom. The first-order valence-corrected chi connectivity index (χ1v) is 9.19. The van der Waals surface area contributed by atoms with E-state index in [4.69, 9.17) is 11.6 Å². The Kier molecular flexibility index (Phi) is 6.52. The van der Waals surface area contributed by atoms with Gasteiger partial charge in [-0.1, -0.05) is 11.6 Å². The van der Waals surface area contributed by atoms with Gasteiger partial charge in [0.05, 0.1) is 22.5 Å². The number of amides is 1. The highest BCUT2D eigenvalue weighted by Gasteiger charge is 2.34. The quantitative estimate of drug-likeness (QED) is 0.817. The Hall–Kier alpha value is -1.48. The molecule has 0 fully saturated rings. The molecule has 0 bridgehead atoms. The summed E-state index contributed by atoms with van der Waals surface area (Å²) in [5.74, 6) is -0.399. The largest absolute Gasteiger partial charge is 0.417 e. The molecule has 10 heteroatoms. The van der Waals surface area contributed by atoms with E-state index < -0.39 is 32.7 Å². The molecule has 24 heavy (non-hydrogen) atoms. The van der Waals surface area contributed by atoms with E-state index in [1.807, 2.05) is 0 Å². The van der Waals surface area contributed by atoms with Gasteiger partial charge in [0.1, 0.15) is 0 Å². The molecule has 0 aromatic heterocycles. The van der Waals surface area contributed by atoms with E-state index in [0.717, 1.165) is 16.6 Å². The van der Waals surface area contributed by atoms with Gasteiger partial charge < -0.3 is 5.32 Å². The molecule has 0 unspecified atom stereocenters. The zero-order valence-corrected chi connectivity index (χ0v) is 14.9. The fraction of sp³-hybridized carbons (Fsp3) is 0.500. The van der Waals surface area contributed by atoms with Crippen molar-refractivity contribution in [2.24, 2.45) is 0 Å². The predicted molar refractivity (Wildman–Crippen MR) is 86.5 cm³/mol. The highest BCUT2D eigenvalue weighted by molar-refractivity contribution is 7.92. The summed E-state index contributed by atoms with van der Waals surface area (Å²) in [5, 5.41) is 2.05. The van der Waals surface area contributed by atoms with E-state index in [1.54, 1.807) is 13.8 Å². The predicted octanol–water partition coefficient (Wildman–Crippen LogP) is 3.04. The summed E-state index contributed by atoms with van der Waals surface area (Å²) in [5.41, 5.74) is -1.34. The maximum atomic E-state index is 12.9. The fourth-order valence-electron chi connectivity index (χ4n) is 1.97. The molecule has 5 nitrogen and oxygen atoms in total.